The second-order valence-corrected chi connectivity index (χ2v) is 7.86. The number of carbonyl (C=O) groups is 1. The van der Waals surface area contributed by atoms with Crippen LogP contribution in [0.5, 0.6) is 0 Å². The van der Waals surface area contributed by atoms with E-state index in [-0.39, 0.29) is 0 Å². The Balaban J connectivity index is 0.000000564. The molecule has 176 valence electrons. The summed E-state index contributed by atoms with van der Waals surface area (Å²) in [7, 11) is 0. The summed E-state index contributed by atoms with van der Waals surface area (Å²) in [6.07, 6.45) is 8.78. The fourth-order valence-electron chi connectivity index (χ4n) is 3.39. The van der Waals surface area contributed by atoms with E-state index in [1.54, 1.807) is 6.21 Å². The summed E-state index contributed by atoms with van der Waals surface area (Å²) in [6, 6.07) is 19.0. The second kappa shape index (κ2) is 19.0. The third-order valence-corrected chi connectivity index (χ3v) is 5.11. The lowest BCUT2D eigenvalue weighted by Crippen LogP contribution is -2.07. The number of nitrogens with zero attached hydrogens (tertiary/aromatic N) is 1. The number of rotatable bonds is 5. The molecule has 0 saturated heterocycles. The Morgan fingerprint density at radius 3 is 1.88 bits per heavy atom. The van der Waals surface area contributed by atoms with Gasteiger partial charge in [0.25, 0.3) is 0 Å². The first kappa shape index (κ1) is 29.3. The van der Waals surface area contributed by atoms with E-state index < -0.39 is 0 Å². The van der Waals surface area contributed by atoms with Crippen LogP contribution < -0.4 is 5.32 Å². The Kier molecular flexibility index (Phi) is 17.4. The van der Waals surface area contributed by atoms with Crippen molar-refractivity contribution in [3.63, 3.8) is 0 Å². The fraction of sp³-hybridized carbons (Fsp3) is 0.448. The van der Waals surface area contributed by atoms with E-state index in [9.17, 15) is 4.79 Å². The third kappa shape index (κ3) is 12.9. The number of amides is 1. The molecule has 2 unspecified atom stereocenters. The van der Waals surface area contributed by atoms with Crippen molar-refractivity contribution < 1.29 is 4.79 Å². The van der Waals surface area contributed by atoms with Crippen LogP contribution in [-0.2, 0) is 4.79 Å². The van der Waals surface area contributed by atoms with E-state index in [4.69, 9.17) is 0 Å². The van der Waals surface area contributed by atoms with Crippen LogP contribution in [0, 0.1) is 11.8 Å². The molecule has 1 aliphatic rings. The van der Waals surface area contributed by atoms with Gasteiger partial charge in [0.1, 0.15) is 0 Å². The Bertz CT molecular complexity index is 756. The lowest BCUT2D eigenvalue weighted by atomic mass is 10.0. The van der Waals surface area contributed by atoms with Crippen molar-refractivity contribution in [3.8, 4) is 11.1 Å². The lowest BCUT2D eigenvalue weighted by Gasteiger charge is -2.04. The molecular weight excluding hydrogens is 392 g/mol. The van der Waals surface area contributed by atoms with Gasteiger partial charge in [0, 0.05) is 19.0 Å². The van der Waals surface area contributed by atoms with Gasteiger partial charge in [0.15, 0.2) is 0 Å². The predicted octanol–water partition coefficient (Wildman–Crippen LogP) is 8.03. The van der Waals surface area contributed by atoms with Crippen LogP contribution in [0.1, 0.15) is 73.3 Å². The van der Waals surface area contributed by atoms with E-state index in [1.165, 1.54) is 41.5 Å². The molecule has 3 heteroatoms. The second-order valence-electron chi connectivity index (χ2n) is 7.86. The van der Waals surface area contributed by atoms with Gasteiger partial charge in [0.2, 0.25) is 6.41 Å². The molecule has 2 aromatic carbocycles. The average molecular weight is 437 g/mol. The summed E-state index contributed by atoms with van der Waals surface area (Å²) < 4.78 is 0. The van der Waals surface area contributed by atoms with Crippen LogP contribution in [0.25, 0.3) is 16.7 Å². The molecule has 1 saturated carbocycles. The first-order valence-electron chi connectivity index (χ1n) is 12.0. The monoisotopic (exact) mass is 436 g/mol. The van der Waals surface area contributed by atoms with Gasteiger partial charge in [-0.15, -0.1) is 0 Å². The summed E-state index contributed by atoms with van der Waals surface area (Å²) >= 11 is 0. The van der Waals surface area contributed by atoms with Gasteiger partial charge in [-0.1, -0.05) is 95.1 Å². The number of allylic oxidation sites excluding steroid dienone is 1. The Morgan fingerprint density at radius 2 is 1.50 bits per heavy atom. The molecule has 0 bridgehead atoms. The highest BCUT2D eigenvalue weighted by Gasteiger charge is 2.15. The molecule has 2 aromatic rings. The largest absolute Gasteiger partial charge is 0.359 e. The van der Waals surface area contributed by atoms with E-state index in [2.05, 4.69) is 79.6 Å². The average Bonchev–Trinajstić information content (AvgIpc) is 3.23. The van der Waals surface area contributed by atoms with Gasteiger partial charge in [-0.05, 0) is 61.3 Å². The van der Waals surface area contributed by atoms with Gasteiger partial charge >= 0.3 is 0 Å². The smallest absolute Gasteiger partial charge is 0.207 e. The molecule has 0 radical (unpaired) electrons. The van der Waals surface area contributed by atoms with Crippen molar-refractivity contribution in [3.05, 3.63) is 66.4 Å². The summed E-state index contributed by atoms with van der Waals surface area (Å²) in [5.41, 5.74) is 4.87. The third-order valence-electron chi connectivity index (χ3n) is 5.11. The first-order chi connectivity index (χ1) is 15.5. The number of aliphatic imine (C=N–C) groups is 1. The molecule has 2 atom stereocenters. The summed E-state index contributed by atoms with van der Waals surface area (Å²) in [4.78, 5) is 13.4. The van der Waals surface area contributed by atoms with E-state index in [0.29, 0.717) is 6.41 Å². The standard InChI is InChI=1S/C17H17N.C7H14.C3H7NO.C2H6/c1-3-18-13-14(2)15-9-11-17(12-10-15)16-7-5-4-6-8-16;1-6-3-4-7(2)5-6;1-2-4-3-5;1-2/h3-13H,1-2H3;6-7H,3-5H2,1-2H3;3H,2H2,1H3,(H,4,5);1-2H3/b14-13+,18-3?;;;. The van der Waals surface area contributed by atoms with Crippen molar-refractivity contribution >= 4 is 18.2 Å². The van der Waals surface area contributed by atoms with E-state index in [1.807, 2.05) is 40.0 Å². The highest BCUT2D eigenvalue weighted by molar-refractivity contribution is 5.70. The molecule has 32 heavy (non-hydrogen) atoms. The molecule has 0 aromatic heterocycles. The maximum atomic E-state index is 9.29. The van der Waals surface area contributed by atoms with Gasteiger partial charge < -0.3 is 5.32 Å². The van der Waals surface area contributed by atoms with Crippen molar-refractivity contribution in [2.45, 2.75) is 67.7 Å². The number of nitrogens with one attached hydrogen (secondary N) is 1. The molecule has 0 aliphatic heterocycles. The Labute approximate surface area is 197 Å². The number of benzene rings is 2. The quantitative estimate of drug-likeness (QED) is 0.374. The number of hydrogen-bond acceptors (Lipinski definition) is 2. The first-order valence-corrected chi connectivity index (χ1v) is 12.0. The van der Waals surface area contributed by atoms with Crippen LogP contribution in [0.15, 0.2) is 65.8 Å². The normalized spacial score (nSPS) is 17.2. The zero-order valence-corrected chi connectivity index (χ0v) is 21.3. The molecule has 1 aliphatic carbocycles. The zero-order valence-electron chi connectivity index (χ0n) is 21.3. The molecule has 3 rings (SSSR count). The van der Waals surface area contributed by atoms with Crippen LogP contribution >= 0.6 is 0 Å². The van der Waals surface area contributed by atoms with Crippen LogP contribution in [-0.4, -0.2) is 19.2 Å². The van der Waals surface area contributed by atoms with Crippen LogP contribution in [0.3, 0.4) is 0 Å². The van der Waals surface area contributed by atoms with E-state index >= 15 is 0 Å². The predicted molar refractivity (Wildman–Crippen MR) is 143 cm³/mol. The summed E-state index contributed by atoms with van der Waals surface area (Å²) in [6.45, 7) is 15.3. The van der Waals surface area contributed by atoms with Gasteiger partial charge in [-0.3, -0.25) is 9.79 Å². The summed E-state index contributed by atoms with van der Waals surface area (Å²) in [5, 5.41) is 2.43. The SMILES string of the molecule is CC.CC1CCC(C)C1.CC=N/C=C(\C)c1ccc(-c2ccccc2)cc1.CCNC=O. The van der Waals surface area contributed by atoms with Crippen LogP contribution in [0.4, 0.5) is 0 Å². The lowest BCUT2D eigenvalue weighted by molar-refractivity contribution is -0.109. The zero-order chi connectivity index (χ0) is 24.2. The summed E-state index contributed by atoms with van der Waals surface area (Å²) in [5.74, 6) is 2.05. The molecule has 0 heterocycles. The van der Waals surface area contributed by atoms with Crippen molar-refractivity contribution in [2.24, 2.45) is 16.8 Å². The minimum atomic E-state index is 0.681. The number of carbonyl (C=O) groups excluding carboxylic acids is 1. The highest BCUT2D eigenvalue weighted by Crippen LogP contribution is 2.29. The molecule has 3 nitrogen and oxygen atoms in total. The fourth-order valence-corrected chi connectivity index (χ4v) is 3.39. The van der Waals surface area contributed by atoms with E-state index in [0.717, 1.165) is 18.4 Å². The van der Waals surface area contributed by atoms with Crippen LogP contribution in [0.2, 0.25) is 0 Å². The van der Waals surface area contributed by atoms with Crippen molar-refractivity contribution in [2.75, 3.05) is 6.54 Å². The van der Waals surface area contributed by atoms with Gasteiger partial charge in [-0.25, -0.2) is 0 Å². The number of hydrogen-bond donors (Lipinski definition) is 1. The van der Waals surface area contributed by atoms with Gasteiger partial charge in [-0.2, -0.15) is 0 Å². The van der Waals surface area contributed by atoms with Gasteiger partial charge in [0.05, 0.1) is 0 Å². The minimum absolute atomic E-state index is 0.681. The maximum Gasteiger partial charge on any atom is 0.207 e. The molecule has 1 fully saturated rings. The molecule has 1 amide bonds. The maximum absolute atomic E-state index is 9.29. The molecule has 1 N–H and O–H groups in total. The Morgan fingerprint density at radius 1 is 0.969 bits per heavy atom. The molecule has 0 spiro atoms. The van der Waals surface area contributed by atoms with Crippen molar-refractivity contribution in [1.29, 1.82) is 0 Å². The van der Waals surface area contributed by atoms with Crippen molar-refractivity contribution in [1.82, 2.24) is 5.32 Å². The minimum Gasteiger partial charge on any atom is -0.359 e. The highest BCUT2D eigenvalue weighted by atomic mass is 16.1. The molecular formula is C29H44N2O. The Hall–Kier alpha value is -2.68. The topological polar surface area (TPSA) is 41.5 Å².